The largest absolute Gasteiger partial charge is 0.375 e. The Kier molecular flexibility index (Phi) is 4.05. The van der Waals surface area contributed by atoms with Crippen LogP contribution in [0.5, 0.6) is 0 Å². The molecule has 2 N–H and O–H groups in total. The van der Waals surface area contributed by atoms with E-state index in [9.17, 15) is 4.79 Å². The zero-order valence-corrected chi connectivity index (χ0v) is 10.9. The van der Waals surface area contributed by atoms with Crippen LogP contribution in [0.3, 0.4) is 0 Å². The van der Waals surface area contributed by atoms with Gasteiger partial charge in [-0.05, 0) is 46.1 Å². The fourth-order valence-corrected chi connectivity index (χ4v) is 2.73. The Balaban J connectivity index is 1.81. The highest BCUT2D eigenvalue weighted by Crippen LogP contribution is 2.24. The van der Waals surface area contributed by atoms with Gasteiger partial charge in [0.2, 0.25) is 5.91 Å². The van der Waals surface area contributed by atoms with E-state index in [0.717, 1.165) is 38.8 Å². The Morgan fingerprint density at radius 3 is 2.82 bits per heavy atom. The van der Waals surface area contributed by atoms with Gasteiger partial charge in [0.15, 0.2) is 0 Å². The van der Waals surface area contributed by atoms with Crippen LogP contribution in [-0.4, -0.2) is 36.7 Å². The quantitative estimate of drug-likeness (QED) is 0.762. The van der Waals surface area contributed by atoms with E-state index in [0.29, 0.717) is 0 Å². The van der Waals surface area contributed by atoms with Crippen LogP contribution in [-0.2, 0) is 9.53 Å². The van der Waals surface area contributed by atoms with E-state index >= 15 is 0 Å². The van der Waals surface area contributed by atoms with E-state index in [1.54, 1.807) is 0 Å². The van der Waals surface area contributed by atoms with E-state index in [1.807, 2.05) is 0 Å². The van der Waals surface area contributed by atoms with E-state index in [-0.39, 0.29) is 23.6 Å². The summed E-state index contributed by atoms with van der Waals surface area (Å²) >= 11 is 0. The maximum absolute atomic E-state index is 12.1. The summed E-state index contributed by atoms with van der Waals surface area (Å²) in [6, 6.07) is 0.296. The molecule has 2 aliphatic rings. The summed E-state index contributed by atoms with van der Waals surface area (Å²) < 4.78 is 5.66. The fourth-order valence-electron chi connectivity index (χ4n) is 2.73. The third-order valence-corrected chi connectivity index (χ3v) is 3.67. The van der Waals surface area contributed by atoms with Gasteiger partial charge in [0.05, 0.1) is 11.6 Å². The summed E-state index contributed by atoms with van der Waals surface area (Å²) in [7, 11) is 0. The average molecular weight is 240 g/mol. The number of rotatable bonds is 2. The highest BCUT2D eigenvalue weighted by atomic mass is 16.5. The van der Waals surface area contributed by atoms with E-state index in [4.69, 9.17) is 4.74 Å². The molecule has 2 heterocycles. The first-order valence-electron chi connectivity index (χ1n) is 6.74. The lowest BCUT2D eigenvalue weighted by Crippen LogP contribution is -2.52. The number of carbonyl (C=O) groups is 1. The van der Waals surface area contributed by atoms with Crippen molar-refractivity contribution in [1.29, 1.82) is 0 Å². The first-order chi connectivity index (χ1) is 8.07. The smallest absolute Gasteiger partial charge is 0.237 e. The van der Waals surface area contributed by atoms with Gasteiger partial charge < -0.3 is 15.4 Å². The van der Waals surface area contributed by atoms with Crippen LogP contribution >= 0.6 is 0 Å². The lowest BCUT2D eigenvalue weighted by atomic mass is 9.93. The minimum Gasteiger partial charge on any atom is -0.375 e. The zero-order chi connectivity index (χ0) is 12.3. The molecule has 4 heteroatoms. The molecule has 1 amide bonds. The van der Waals surface area contributed by atoms with Gasteiger partial charge in [-0.3, -0.25) is 4.79 Å². The number of ether oxygens (including phenoxy) is 1. The second kappa shape index (κ2) is 5.36. The standard InChI is InChI=1S/C13H24N2O2/c1-13(2)9-10(6-8-17-13)15-12(16)11-5-3-4-7-14-11/h10-11,14H,3-9H2,1-2H3,(H,15,16)/t10?,11-/m0/s1. The Morgan fingerprint density at radius 1 is 1.35 bits per heavy atom. The van der Waals surface area contributed by atoms with Crippen molar-refractivity contribution >= 4 is 5.91 Å². The molecule has 0 aromatic heterocycles. The minimum atomic E-state index is -0.101. The van der Waals surface area contributed by atoms with E-state index in [1.165, 1.54) is 6.42 Å². The van der Waals surface area contributed by atoms with Crippen LogP contribution in [0.15, 0.2) is 0 Å². The topological polar surface area (TPSA) is 50.4 Å². The highest BCUT2D eigenvalue weighted by molar-refractivity contribution is 5.82. The third kappa shape index (κ3) is 3.68. The van der Waals surface area contributed by atoms with Gasteiger partial charge >= 0.3 is 0 Å². The first-order valence-corrected chi connectivity index (χ1v) is 6.74. The molecule has 2 fully saturated rings. The van der Waals surface area contributed by atoms with Gasteiger partial charge in [0.1, 0.15) is 0 Å². The number of hydrogen-bond donors (Lipinski definition) is 2. The lowest BCUT2D eigenvalue weighted by Gasteiger charge is -2.36. The number of hydrogen-bond acceptors (Lipinski definition) is 3. The summed E-state index contributed by atoms with van der Waals surface area (Å²) in [4.78, 5) is 12.1. The molecule has 0 saturated carbocycles. The van der Waals surface area contributed by atoms with Crippen molar-refractivity contribution < 1.29 is 9.53 Å². The van der Waals surface area contributed by atoms with Crippen LogP contribution in [0, 0.1) is 0 Å². The number of piperidine rings is 1. The van der Waals surface area contributed by atoms with Crippen molar-refractivity contribution in [2.24, 2.45) is 0 Å². The molecular weight excluding hydrogens is 216 g/mol. The molecule has 2 saturated heterocycles. The molecule has 0 radical (unpaired) electrons. The maximum atomic E-state index is 12.1. The molecule has 4 nitrogen and oxygen atoms in total. The van der Waals surface area contributed by atoms with Crippen molar-refractivity contribution in [1.82, 2.24) is 10.6 Å². The highest BCUT2D eigenvalue weighted by Gasteiger charge is 2.31. The molecule has 0 aliphatic carbocycles. The van der Waals surface area contributed by atoms with Gasteiger partial charge in [0.25, 0.3) is 0 Å². The monoisotopic (exact) mass is 240 g/mol. The summed E-state index contributed by atoms with van der Waals surface area (Å²) in [6.07, 6.45) is 5.16. The van der Waals surface area contributed by atoms with Crippen molar-refractivity contribution in [2.75, 3.05) is 13.2 Å². The van der Waals surface area contributed by atoms with Gasteiger partial charge in [-0.25, -0.2) is 0 Å². The first kappa shape index (κ1) is 12.8. The van der Waals surface area contributed by atoms with Crippen molar-refractivity contribution in [2.45, 2.75) is 63.6 Å². The molecular formula is C13H24N2O2. The Bertz CT molecular complexity index is 273. The van der Waals surface area contributed by atoms with E-state index in [2.05, 4.69) is 24.5 Å². The third-order valence-electron chi connectivity index (χ3n) is 3.67. The Labute approximate surface area is 103 Å². The molecule has 2 atom stereocenters. The molecule has 0 aromatic rings. The van der Waals surface area contributed by atoms with Crippen LogP contribution < -0.4 is 10.6 Å². The lowest BCUT2D eigenvalue weighted by molar-refractivity contribution is -0.126. The van der Waals surface area contributed by atoms with Crippen LogP contribution in [0.25, 0.3) is 0 Å². The SMILES string of the molecule is CC1(C)CC(NC(=O)[C@@H]2CCCCN2)CCO1. The minimum absolute atomic E-state index is 0.0229. The fraction of sp³-hybridized carbons (Fsp3) is 0.923. The van der Waals surface area contributed by atoms with Gasteiger partial charge in [-0.15, -0.1) is 0 Å². The summed E-state index contributed by atoms with van der Waals surface area (Å²) in [6.45, 7) is 5.89. The molecule has 98 valence electrons. The van der Waals surface area contributed by atoms with Gasteiger partial charge in [-0.1, -0.05) is 6.42 Å². The van der Waals surface area contributed by atoms with Crippen molar-refractivity contribution in [3.8, 4) is 0 Å². The predicted molar refractivity (Wildman–Crippen MR) is 66.8 cm³/mol. The van der Waals surface area contributed by atoms with Crippen LogP contribution in [0.1, 0.15) is 46.0 Å². The molecule has 2 rings (SSSR count). The summed E-state index contributed by atoms with van der Waals surface area (Å²) in [5, 5.41) is 6.45. The van der Waals surface area contributed by atoms with Crippen LogP contribution in [0.4, 0.5) is 0 Å². The molecule has 2 aliphatic heterocycles. The Morgan fingerprint density at radius 2 is 2.18 bits per heavy atom. The average Bonchev–Trinajstić information content (AvgIpc) is 2.29. The van der Waals surface area contributed by atoms with Crippen LogP contribution in [0.2, 0.25) is 0 Å². The summed E-state index contributed by atoms with van der Waals surface area (Å²) in [5.74, 6) is 0.174. The molecule has 0 spiro atoms. The predicted octanol–water partition coefficient (Wildman–Crippen LogP) is 1.20. The number of amides is 1. The normalized spacial score (nSPS) is 33.1. The molecule has 0 bridgehead atoms. The van der Waals surface area contributed by atoms with Gasteiger partial charge in [-0.2, -0.15) is 0 Å². The second-order valence-corrected chi connectivity index (χ2v) is 5.81. The number of nitrogens with one attached hydrogen (secondary N) is 2. The molecule has 0 aromatic carbocycles. The summed E-state index contributed by atoms with van der Waals surface area (Å²) in [5.41, 5.74) is -0.101. The zero-order valence-electron chi connectivity index (χ0n) is 10.9. The second-order valence-electron chi connectivity index (χ2n) is 5.81. The molecule has 1 unspecified atom stereocenters. The molecule has 17 heavy (non-hydrogen) atoms. The maximum Gasteiger partial charge on any atom is 0.237 e. The van der Waals surface area contributed by atoms with Crippen molar-refractivity contribution in [3.05, 3.63) is 0 Å². The van der Waals surface area contributed by atoms with Gasteiger partial charge in [0, 0.05) is 12.6 Å². The Hall–Kier alpha value is -0.610. The van der Waals surface area contributed by atoms with E-state index < -0.39 is 0 Å². The van der Waals surface area contributed by atoms with Crippen molar-refractivity contribution in [3.63, 3.8) is 0 Å². The number of carbonyl (C=O) groups excluding carboxylic acids is 1.